The van der Waals surface area contributed by atoms with E-state index in [4.69, 9.17) is 9.47 Å². The molecule has 0 bridgehead atoms. The van der Waals surface area contributed by atoms with Crippen LogP contribution in [-0.2, 0) is 14.3 Å². The SMILES string of the molecule is C=C[C@@]1(C)CC[C@H](CC(=O)OCC)O1. The molecule has 2 atom stereocenters. The summed E-state index contributed by atoms with van der Waals surface area (Å²) in [6.45, 7) is 7.96. The van der Waals surface area contributed by atoms with Crippen LogP contribution in [0.2, 0.25) is 0 Å². The maximum absolute atomic E-state index is 11.2. The molecule has 1 fully saturated rings. The molecule has 1 aliphatic rings. The first-order chi connectivity index (χ1) is 6.59. The van der Waals surface area contributed by atoms with Crippen LogP contribution in [0.4, 0.5) is 0 Å². The van der Waals surface area contributed by atoms with Gasteiger partial charge in [-0.2, -0.15) is 0 Å². The van der Waals surface area contributed by atoms with Crippen LogP contribution in [-0.4, -0.2) is 24.3 Å². The van der Waals surface area contributed by atoms with E-state index >= 15 is 0 Å². The van der Waals surface area contributed by atoms with Crippen molar-refractivity contribution in [2.45, 2.75) is 44.8 Å². The lowest BCUT2D eigenvalue weighted by Crippen LogP contribution is -2.23. The van der Waals surface area contributed by atoms with Crippen LogP contribution in [0.15, 0.2) is 12.7 Å². The first-order valence-corrected chi connectivity index (χ1v) is 5.06. The number of carbonyl (C=O) groups excluding carboxylic acids is 1. The monoisotopic (exact) mass is 198 g/mol. The zero-order valence-corrected chi connectivity index (χ0v) is 8.91. The summed E-state index contributed by atoms with van der Waals surface area (Å²) in [4.78, 5) is 11.2. The van der Waals surface area contributed by atoms with Gasteiger partial charge in [0.05, 0.1) is 24.7 Å². The fourth-order valence-corrected chi connectivity index (χ4v) is 1.65. The second kappa shape index (κ2) is 4.60. The Labute approximate surface area is 85.1 Å². The van der Waals surface area contributed by atoms with Gasteiger partial charge in [-0.05, 0) is 26.7 Å². The van der Waals surface area contributed by atoms with Gasteiger partial charge in [0.25, 0.3) is 0 Å². The summed E-state index contributed by atoms with van der Waals surface area (Å²) in [6.07, 6.45) is 3.99. The van der Waals surface area contributed by atoms with Gasteiger partial charge in [-0.15, -0.1) is 6.58 Å². The number of hydrogen-bond donors (Lipinski definition) is 0. The van der Waals surface area contributed by atoms with Crippen LogP contribution in [0.25, 0.3) is 0 Å². The smallest absolute Gasteiger partial charge is 0.308 e. The highest BCUT2D eigenvalue weighted by Gasteiger charge is 2.34. The molecular weight excluding hydrogens is 180 g/mol. The van der Waals surface area contributed by atoms with Crippen molar-refractivity contribution in [1.82, 2.24) is 0 Å². The highest BCUT2D eigenvalue weighted by Crippen LogP contribution is 2.32. The third-order valence-electron chi connectivity index (χ3n) is 2.53. The zero-order valence-electron chi connectivity index (χ0n) is 8.91. The Hall–Kier alpha value is -0.830. The number of rotatable bonds is 4. The van der Waals surface area contributed by atoms with Gasteiger partial charge in [-0.25, -0.2) is 0 Å². The van der Waals surface area contributed by atoms with E-state index in [9.17, 15) is 4.79 Å². The first-order valence-electron chi connectivity index (χ1n) is 5.06. The summed E-state index contributed by atoms with van der Waals surface area (Å²) in [5.74, 6) is -0.175. The van der Waals surface area contributed by atoms with Gasteiger partial charge in [0.1, 0.15) is 0 Å². The maximum atomic E-state index is 11.2. The van der Waals surface area contributed by atoms with E-state index in [0.717, 1.165) is 12.8 Å². The summed E-state index contributed by atoms with van der Waals surface area (Å²) in [5, 5.41) is 0. The average molecular weight is 198 g/mol. The molecule has 0 spiro atoms. The van der Waals surface area contributed by atoms with E-state index in [1.165, 1.54) is 0 Å². The summed E-state index contributed by atoms with van der Waals surface area (Å²) in [7, 11) is 0. The van der Waals surface area contributed by atoms with Crippen molar-refractivity contribution < 1.29 is 14.3 Å². The minimum Gasteiger partial charge on any atom is -0.466 e. The highest BCUT2D eigenvalue weighted by molar-refractivity contribution is 5.70. The van der Waals surface area contributed by atoms with Gasteiger partial charge in [0.15, 0.2) is 0 Å². The Morgan fingerprint density at radius 3 is 3.00 bits per heavy atom. The summed E-state index contributed by atoms with van der Waals surface area (Å²) in [5.41, 5.74) is -0.253. The second-order valence-electron chi connectivity index (χ2n) is 3.80. The molecular formula is C11H18O3. The fourth-order valence-electron chi connectivity index (χ4n) is 1.65. The summed E-state index contributed by atoms with van der Waals surface area (Å²) in [6, 6.07) is 0. The van der Waals surface area contributed by atoms with Crippen molar-refractivity contribution in [3.05, 3.63) is 12.7 Å². The van der Waals surface area contributed by atoms with Crippen molar-refractivity contribution in [1.29, 1.82) is 0 Å². The van der Waals surface area contributed by atoms with Crippen LogP contribution in [0.5, 0.6) is 0 Å². The van der Waals surface area contributed by atoms with Gasteiger partial charge in [-0.3, -0.25) is 4.79 Å². The van der Waals surface area contributed by atoms with Gasteiger partial charge in [0.2, 0.25) is 0 Å². The van der Waals surface area contributed by atoms with E-state index in [-0.39, 0.29) is 17.7 Å². The normalized spacial score (nSPS) is 31.4. The van der Waals surface area contributed by atoms with Crippen LogP contribution < -0.4 is 0 Å². The molecule has 1 saturated heterocycles. The third kappa shape index (κ3) is 2.84. The van der Waals surface area contributed by atoms with Gasteiger partial charge < -0.3 is 9.47 Å². The number of ether oxygens (including phenoxy) is 2. The molecule has 0 unspecified atom stereocenters. The third-order valence-corrected chi connectivity index (χ3v) is 2.53. The Kier molecular flexibility index (Phi) is 3.69. The molecule has 0 aromatic heterocycles. The summed E-state index contributed by atoms with van der Waals surface area (Å²) >= 11 is 0. The van der Waals surface area contributed by atoms with Crippen LogP contribution in [0, 0.1) is 0 Å². The highest BCUT2D eigenvalue weighted by atomic mass is 16.5. The fraction of sp³-hybridized carbons (Fsp3) is 0.727. The van der Waals surface area contributed by atoms with Crippen LogP contribution in [0.3, 0.4) is 0 Å². The van der Waals surface area contributed by atoms with E-state index in [0.29, 0.717) is 13.0 Å². The van der Waals surface area contributed by atoms with Crippen molar-refractivity contribution >= 4 is 5.97 Å². The minimum atomic E-state index is -0.253. The number of carbonyl (C=O) groups is 1. The Balaban J connectivity index is 2.36. The molecule has 0 aromatic rings. The predicted molar refractivity (Wildman–Crippen MR) is 54.0 cm³/mol. The molecule has 1 aliphatic heterocycles. The molecule has 14 heavy (non-hydrogen) atoms. The maximum Gasteiger partial charge on any atom is 0.308 e. The molecule has 0 N–H and O–H groups in total. The lowest BCUT2D eigenvalue weighted by atomic mass is 10.0. The van der Waals surface area contributed by atoms with Crippen molar-refractivity contribution in [2.75, 3.05) is 6.61 Å². The van der Waals surface area contributed by atoms with Crippen LogP contribution >= 0.6 is 0 Å². The van der Waals surface area contributed by atoms with Gasteiger partial charge >= 0.3 is 5.97 Å². The van der Waals surface area contributed by atoms with Gasteiger partial charge in [0, 0.05) is 0 Å². The van der Waals surface area contributed by atoms with E-state index in [2.05, 4.69) is 6.58 Å². The predicted octanol–water partition coefficient (Wildman–Crippen LogP) is 2.06. The lowest BCUT2D eigenvalue weighted by Gasteiger charge is -2.19. The largest absolute Gasteiger partial charge is 0.466 e. The lowest BCUT2D eigenvalue weighted by molar-refractivity contribution is -0.146. The van der Waals surface area contributed by atoms with E-state index in [1.54, 1.807) is 13.0 Å². The Morgan fingerprint density at radius 2 is 2.50 bits per heavy atom. The molecule has 0 saturated carbocycles. The molecule has 80 valence electrons. The summed E-state index contributed by atoms with van der Waals surface area (Å²) < 4.78 is 10.6. The van der Waals surface area contributed by atoms with Gasteiger partial charge in [-0.1, -0.05) is 6.08 Å². The molecule has 0 aliphatic carbocycles. The molecule has 1 rings (SSSR count). The molecule has 3 heteroatoms. The molecule has 1 heterocycles. The van der Waals surface area contributed by atoms with E-state index in [1.807, 2.05) is 6.92 Å². The number of esters is 1. The molecule has 0 amide bonds. The first kappa shape index (κ1) is 11.2. The van der Waals surface area contributed by atoms with Crippen LogP contribution in [0.1, 0.15) is 33.1 Å². The standard InChI is InChI=1S/C11H18O3/c1-4-11(3)7-6-9(14-11)8-10(12)13-5-2/h4,9H,1,5-8H2,2-3H3/t9-,11+/m1/s1. The Morgan fingerprint density at radius 1 is 1.79 bits per heavy atom. The molecule has 0 aromatic carbocycles. The molecule has 0 radical (unpaired) electrons. The topological polar surface area (TPSA) is 35.5 Å². The van der Waals surface area contributed by atoms with Crippen molar-refractivity contribution in [3.8, 4) is 0 Å². The van der Waals surface area contributed by atoms with Crippen molar-refractivity contribution in [3.63, 3.8) is 0 Å². The molecule has 3 nitrogen and oxygen atoms in total. The van der Waals surface area contributed by atoms with Crippen molar-refractivity contribution in [2.24, 2.45) is 0 Å². The number of hydrogen-bond acceptors (Lipinski definition) is 3. The minimum absolute atomic E-state index is 0.00273. The zero-order chi connectivity index (χ0) is 10.6. The quantitative estimate of drug-likeness (QED) is 0.512. The van der Waals surface area contributed by atoms with E-state index < -0.39 is 0 Å². The second-order valence-corrected chi connectivity index (χ2v) is 3.80. The average Bonchev–Trinajstić information content (AvgIpc) is 2.49. The Bertz CT molecular complexity index is 225.